The van der Waals surface area contributed by atoms with Gasteiger partial charge in [0.2, 0.25) is 11.8 Å². The van der Waals surface area contributed by atoms with Gasteiger partial charge in [-0.15, -0.1) is 0 Å². The van der Waals surface area contributed by atoms with Crippen molar-refractivity contribution in [1.82, 2.24) is 10.6 Å². The van der Waals surface area contributed by atoms with Crippen LogP contribution in [0.1, 0.15) is 80.1 Å². The molecular weight excluding hydrogens is 504 g/mol. The number of hydrogen-bond acceptors (Lipinski definition) is 6. The first-order valence-electron chi connectivity index (χ1n) is 13.5. The second-order valence-corrected chi connectivity index (χ2v) is 11.5. The summed E-state index contributed by atoms with van der Waals surface area (Å²) in [6.45, 7) is 13.2. The molecule has 9 heteroatoms. The Labute approximate surface area is 231 Å². The average molecular weight is 557 g/mol. The van der Waals surface area contributed by atoms with Gasteiger partial charge >= 0.3 is 0 Å². The third-order valence-electron chi connectivity index (χ3n) is 4.76. The van der Waals surface area contributed by atoms with Gasteiger partial charge in [-0.1, -0.05) is 76.3 Å². The Hall–Kier alpha value is -2.23. The van der Waals surface area contributed by atoms with Gasteiger partial charge in [0, 0.05) is 13.1 Å². The first-order chi connectivity index (χ1) is 17.8. The number of amides is 2. The van der Waals surface area contributed by atoms with Crippen LogP contribution in [0.5, 0.6) is 0 Å². The van der Waals surface area contributed by atoms with Crippen LogP contribution in [-0.2, 0) is 23.9 Å². The van der Waals surface area contributed by atoms with Gasteiger partial charge in [-0.25, -0.2) is 0 Å². The van der Waals surface area contributed by atoms with Crippen molar-refractivity contribution in [1.29, 1.82) is 0 Å². The Morgan fingerprint density at radius 1 is 0.789 bits per heavy atom. The fourth-order valence-electron chi connectivity index (χ4n) is 2.88. The van der Waals surface area contributed by atoms with Crippen LogP contribution in [0.4, 0.5) is 0 Å². The lowest BCUT2D eigenvalue weighted by Gasteiger charge is -2.16. The zero-order valence-electron chi connectivity index (χ0n) is 24.5. The molecule has 0 saturated heterocycles. The maximum Gasteiger partial charge on any atom is 0.264 e. The number of hydrogen-bond donors (Lipinski definition) is 3. The molecule has 0 aromatic heterocycles. The third kappa shape index (κ3) is 30.0. The van der Waals surface area contributed by atoms with Crippen molar-refractivity contribution in [2.45, 2.75) is 92.3 Å². The summed E-state index contributed by atoms with van der Waals surface area (Å²) in [6.07, 6.45) is 18.1. The molecule has 0 bridgehead atoms. The van der Waals surface area contributed by atoms with Crippen LogP contribution in [0.15, 0.2) is 48.6 Å². The minimum Gasteiger partial charge on any atom is -0.393 e. The lowest BCUT2D eigenvalue weighted by Crippen LogP contribution is -2.32. The Kier molecular flexibility index (Phi) is 23.8. The second kappa shape index (κ2) is 23.9. The standard InChI is InChI=1S/C15H27NO4S.C14H25NO2/c1-5-6-7-8-9-10-14(20-21(4,18)19)11-15(17)16-12-13(2)3;1-4-5-6-7-8-9-13(16)10-14(17)15-11-12(2)3/h5-8,13-14H,9-12H2,1-4H3,(H,16,17);4-7,12-13,16H,8-11H2,1-3H3,(H,15,17)/b6-5+,8-7-;5-4+,7-6-. The van der Waals surface area contributed by atoms with Crippen molar-refractivity contribution in [2.24, 2.45) is 11.8 Å². The molecule has 0 spiro atoms. The van der Waals surface area contributed by atoms with Crippen molar-refractivity contribution in [3.05, 3.63) is 48.6 Å². The Bertz CT molecular complexity index is 845. The van der Waals surface area contributed by atoms with Crippen molar-refractivity contribution in [2.75, 3.05) is 19.3 Å². The molecule has 38 heavy (non-hydrogen) atoms. The Morgan fingerprint density at radius 2 is 1.24 bits per heavy atom. The van der Waals surface area contributed by atoms with Gasteiger partial charge in [-0.05, 0) is 51.4 Å². The van der Waals surface area contributed by atoms with Gasteiger partial charge in [0.25, 0.3) is 10.1 Å². The number of allylic oxidation sites excluding steroid dienone is 8. The topological polar surface area (TPSA) is 122 Å². The molecule has 2 atom stereocenters. The molecule has 0 fully saturated rings. The highest BCUT2D eigenvalue weighted by atomic mass is 32.2. The summed E-state index contributed by atoms with van der Waals surface area (Å²) in [7, 11) is -3.57. The zero-order chi connectivity index (χ0) is 29.4. The van der Waals surface area contributed by atoms with E-state index >= 15 is 0 Å². The molecule has 0 saturated carbocycles. The average Bonchev–Trinajstić information content (AvgIpc) is 2.80. The van der Waals surface area contributed by atoms with E-state index in [0.29, 0.717) is 44.2 Å². The molecule has 2 unspecified atom stereocenters. The highest BCUT2D eigenvalue weighted by Gasteiger charge is 2.19. The van der Waals surface area contributed by atoms with E-state index in [1.165, 1.54) is 0 Å². The van der Waals surface area contributed by atoms with Gasteiger partial charge in [-0.3, -0.25) is 13.8 Å². The maximum atomic E-state index is 11.8. The van der Waals surface area contributed by atoms with Crippen LogP contribution in [0.2, 0.25) is 0 Å². The number of aliphatic hydroxyl groups excluding tert-OH is 1. The molecule has 8 nitrogen and oxygen atoms in total. The zero-order valence-corrected chi connectivity index (χ0v) is 25.3. The van der Waals surface area contributed by atoms with Gasteiger partial charge in [0.1, 0.15) is 0 Å². The molecule has 0 aromatic rings. The molecule has 0 radical (unpaired) electrons. The van der Waals surface area contributed by atoms with E-state index < -0.39 is 22.3 Å². The fourth-order valence-corrected chi connectivity index (χ4v) is 3.54. The summed E-state index contributed by atoms with van der Waals surface area (Å²) < 4.78 is 27.5. The number of carbonyl (C=O) groups excluding carboxylic acids is 2. The van der Waals surface area contributed by atoms with Crippen LogP contribution in [0.3, 0.4) is 0 Å². The van der Waals surface area contributed by atoms with E-state index in [0.717, 1.165) is 12.7 Å². The molecule has 0 aliphatic rings. The van der Waals surface area contributed by atoms with Crippen LogP contribution < -0.4 is 10.6 Å². The highest BCUT2D eigenvalue weighted by Crippen LogP contribution is 2.11. The highest BCUT2D eigenvalue weighted by molar-refractivity contribution is 7.86. The molecular formula is C29H52N2O6S. The minimum atomic E-state index is -3.57. The van der Waals surface area contributed by atoms with E-state index in [1.807, 2.05) is 90.2 Å². The summed E-state index contributed by atoms with van der Waals surface area (Å²) >= 11 is 0. The van der Waals surface area contributed by atoms with Crippen molar-refractivity contribution < 1.29 is 27.3 Å². The van der Waals surface area contributed by atoms with E-state index in [4.69, 9.17) is 4.18 Å². The second-order valence-electron chi connectivity index (χ2n) is 9.94. The van der Waals surface area contributed by atoms with E-state index in [9.17, 15) is 23.1 Å². The summed E-state index contributed by atoms with van der Waals surface area (Å²) in [4.78, 5) is 23.2. The molecule has 0 rings (SSSR count). The monoisotopic (exact) mass is 556 g/mol. The number of carbonyl (C=O) groups is 2. The number of aliphatic hydroxyl groups is 1. The lowest BCUT2D eigenvalue weighted by molar-refractivity contribution is -0.123. The molecule has 0 aliphatic heterocycles. The molecule has 0 aromatic carbocycles. The number of nitrogens with one attached hydrogen (secondary N) is 2. The van der Waals surface area contributed by atoms with Crippen LogP contribution >= 0.6 is 0 Å². The predicted molar refractivity (Wildman–Crippen MR) is 157 cm³/mol. The van der Waals surface area contributed by atoms with Crippen molar-refractivity contribution in [3.8, 4) is 0 Å². The van der Waals surface area contributed by atoms with E-state index in [2.05, 4.69) is 10.6 Å². The normalized spacial score (nSPS) is 13.9. The first-order valence-corrected chi connectivity index (χ1v) is 15.3. The maximum absolute atomic E-state index is 11.8. The van der Waals surface area contributed by atoms with E-state index in [-0.39, 0.29) is 24.7 Å². The van der Waals surface area contributed by atoms with Crippen LogP contribution in [-0.4, -0.2) is 56.9 Å². The summed E-state index contributed by atoms with van der Waals surface area (Å²) in [5.41, 5.74) is 0. The molecule has 3 N–H and O–H groups in total. The van der Waals surface area contributed by atoms with Gasteiger partial charge in [0.05, 0.1) is 31.3 Å². The largest absolute Gasteiger partial charge is 0.393 e. The van der Waals surface area contributed by atoms with Gasteiger partial charge in [-0.2, -0.15) is 8.42 Å². The van der Waals surface area contributed by atoms with Gasteiger partial charge < -0.3 is 15.7 Å². The fraction of sp³-hybridized carbons (Fsp3) is 0.655. The minimum absolute atomic E-state index is 0.0528. The van der Waals surface area contributed by atoms with Crippen LogP contribution in [0.25, 0.3) is 0 Å². The van der Waals surface area contributed by atoms with Gasteiger partial charge in [0.15, 0.2) is 0 Å². The SMILES string of the molecule is C/C=C/C=C\CCC(CC(=O)NCC(C)C)OS(C)(=O)=O.C/C=C/C=C\CCC(O)CC(=O)NCC(C)C. The van der Waals surface area contributed by atoms with Crippen molar-refractivity contribution in [3.63, 3.8) is 0 Å². The molecule has 2 amide bonds. The summed E-state index contributed by atoms with van der Waals surface area (Å²) in [6, 6.07) is 0. The summed E-state index contributed by atoms with van der Waals surface area (Å²) in [5.74, 6) is 0.547. The van der Waals surface area contributed by atoms with Crippen LogP contribution in [0, 0.1) is 11.8 Å². The lowest BCUT2D eigenvalue weighted by atomic mass is 10.1. The van der Waals surface area contributed by atoms with E-state index in [1.54, 1.807) is 0 Å². The molecule has 0 aliphatic carbocycles. The van der Waals surface area contributed by atoms with Crippen molar-refractivity contribution >= 4 is 21.9 Å². The quantitative estimate of drug-likeness (QED) is 0.164. The predicted octanol–water partition coefficient (Wildman–Crippen LogP) is 4.83. The number of rotatable bonds is 18. The first kappa shape index (κ1) is 37.9. The Balaban J connectivity index is 0. The third-order valence-corrected chi connectivity index (χ3v) is 5.38. The summed E-state index contributed by atoms with van der Waals surface area (Å²) in [5, 5.41) is 15.2. The smallest absolute Gasteiger partial charge is 0.264 e. The molecule has 220 valence electrons. The Morgan fingerprint density at radius 3 is 1.66 bits per heavy atom. The molecule has 0 heterocycles.